The van der Waals surface area contributed by atoms with Gasteiger partial charge in [0, 0.05) is 23.3 Å². The number of benzene rings is 1. The first-order chi connectivity index (χ1) is 10.7. The third-order valence-electron chi connectivity index (χ3n) is 3.95. The van der Waals surface area contributed by atoms with Crippen LogP contribution in [0.3, 0.4) is 0 Å². The zero-order valence-corrected chi connectivity index (χ0v) is 12.6. The summed E-state index contributed by atoms with van der Waals surface area (Å²) in [4.78, 5) is 21.7. The molecule has 0 aliphatic heterocycles. The van der Waals surface area contributed by atoms with Gasteiger partial charge < -0.3 is 0 Å². The van der Waals surface area contributed by atoms with Crippen molar-refractivity contribution in [2.45, 2.75) is 25.3 Å². The van der Waals surface area contributed by atoms with Gasteiger partial charge in [-0.2, -0.15) is 0 Å². The summed E-state index contributed by atoms with van der Waals surface area (Å²) in [5.41, 5.74) is 1.69. The number of pyridine rings is 1. The van der Waals surface area contributed by atoms with Gasteiger partial charge in [-0.25, -0.2) is 4.98 Å². The molecule has 110 valence electrons. The quantitative estimate of drug-likeness (QED) is 0.745. The minimum Gasteiger partial charge on any atom is -0.291 e. The van der Waals surface area contributed by atoms with Gasteiger partial charge in [0.25, 0.3) is 5.56 Å². The Morgan fingerprint density at radius 2 is 2.14 bits per heavy atom. The molecule has 3 aromatic rings. The van der Waals surface area contributed by atoms with Crippen LogP contribution in [0.2, 0.25) is 5.02 Å². The van der Waals surface area contributed by atoms with Crippen molar-refractivity contribution < 1.29 is 0 Å². The Labute approximate surface area is 132 Å². The van der Waals surface area contributed by atoms with Crippen molar-refractivity contribution in [3.63, 3.8) is 0 Å². The van der Waals surface area contributed by atoms with Gasteiger partial charge in [0.2, 0.25) is 0 Å². The van der Waals surface area contributed by atoms with Crippen LogP contribution in [-0.4, -0.2) is 14.5 Å². The van der Waals surface area contributed by atoms with Crippen molar-refractivity contribution >= 4 is 22.5 Å². The molecule has 0 N–H and O–H groups in total. The number of nitrogens with zero attached hydrogens (tertiary/aromatic N) is 3. The van der Waals surface area contributed by atoms with E-state index < -0.39 is 0 Å². The first-order valence-corrected chi connectivity index (χ1v) is 7.69. The van der Waals surface area contributed by atoms with Crippen molar-refractivity contribution in [3.8, 4) is 0 Å². The summed E-state index contributed by atoms with van der Waals surface area (Å²) in [6.45, 7) is 0.494. The van der Waals surface area contributed by atoms with Crippen molar-refractivity contribution in [2.75, 3.05) is 0 Å². The van der Waals surface area contributed by atoms with Gasteiger partial charge in [-0.05, 0) is 42.7 Å². The van der Waals surface area contributed by atoms with E-state index in [2.05, 4.69) is 4.98 Å². The summed E-state index contributed by atoms with van der Waals surface area (Å²) in [7, 11) is 0. The summed E-state index contributed by atoms with van der Waals surface area (Å²) >= 11 is 6.03. The van der Waals surface area contributed by atoms with Crippen LogP contribution >= 0.6 is 11.6 Å². The van der Waals surface area contributed by atoms with Gasteiger partial charge in [0.15, 0.2) is 0 Å². The van der Waals surface area contributed by atoms with E-state index in [0.717, 1.165) is 29.7 Å². The third-order valence-corrected chi connectivity index (χ3v) is 4.19. The third kappa shape index (κ3) is 2.40. The van der Waals surface area contributed by atoms with E-state index in [1.165, 1.54) is 0 Å². The van der Waals surface area contributed by atoms with Crippen molar-refractivity contribution in [2.24, 2.45) is 0 Å². The molecule has 4 nitrogen and oxygen atoms in total. The van der Waals surface area contributed by atoms with Gasteiger partial charge in [0.1, 0.15) is 5.82 Å². The fraction of sp³-hybridized carbons (Fsp3) is 0.235. The second-order valence-corrected chi connectivity index (χ2v) is 6.09. The highest BCUT2D eigenvalue weighted by Crippen LogP contribution is 2.39. The number of aromatic nitrogens is 3. The molecule has 1 aromatic carbocycles. The van der Waals surface area contributed by atoms with E-state index in [0.29, 0.717) is 22.9 Å². The SMILES string of the molecule is O=c1c2cc(Cl)ccc2nc(C2CC2)n1Cc1cccnc1. The molecule has 1 saturated carbocycles. The number of fused-ring (bicyclic) bond motifs is 1. The minimum atomic E-state index is -0.0294. The highest BCUT2D eigenvalue weighted by Gasteiger charge is 2.29. The Bertz CT molecular complexity index is 901. The van der Waals surface area contributed by atoms with Crippen LogP contribution in [0.15, 0.2) is 47.5 Å². The van der Waals surface area contributed by atoms with E-state index in [9.17, 15) is 4.79 Å². The molecule has 0 bridgehead atoms. The summed E-state index contributed by atoms with van der Waals surface area (Å²) in [6, 6.07) is 9.14. The molecular formula is C17H14ClN3O. The Morgan fingerprint density at radius 3 is 2.86 bits per heavy atom. The van der Waals surface area contributed by atoms with Crippen molar-refractivity contribution in [3.05, 3.63) is 69.5 Å². The Morgan fingerprint density at radius 1 is 1.27 bits per heavy atom. The van der Waals surface area contributed by atoms with Crippen LogP contribution in [0, 0.1) is 0 Å². The van der Waals surface area contributed by atoms with Gasteiger partial charge in [-0.15, -0.1) is 0 Å². The first-order valence-electron chi connectivity index (χ1n) is 7.31. The van der Waals surface area contributed by atoms with Gasteiger partial charge in [-0.1, -0.05) is 17.7 Å². The zero-order chi connectivity index (χ0) is 15.1. The van der Waals surface area contributed by atoms with E-state index in [4.69, 9.17) is 16.6 Å². The number of hydrogen-bond donors (Lipinski definition) is 0. The van der Waals surface area contributed by atoms with E-state index in [1.807, 2.05) is 18.2 Å². The predicted octanol–water partition coefficient (Wildman–Crippen LogP) is 3.37. The van der Waals surface area contributed by atoms with Crippen LogP contribution in [0.5, 0.6) is 0 Å². The summed E-state index contributed by atoms with van der Waals surface area (Å²) < 4.78 is 1.77. The topological polar surface area (TPSA) is 47.8 Å². The molecule has 5 heteroatoms. The Balaban J connectivity index is 1.92. The minimum absolute atomic E-state index is 0.0294. The number of hydrogen-bond acceptors (Lipinski definition) is 3. The van der Waals surface area contributed by atoms with E-state index >= 15 is 0 Å². The van der Waals surface area contributed by atoms with Crippen LogP contribution in [0.25, 0.3) is 10.9 Å². The summed E-state index contributed by atoms with van der Waals surface area (Å²) in [5.74, 6) is 1.27. The van der Waals surface area contributed by atoms with Gasteiger partial charge >= 0.3 is 0 Å². The lowest BCUT2D eigenvalue weighted by atomic mass is 10.2. The van der Waals surface area contributed by atoms with E-state index in [-0.39, 0.29) is 5.56 Å². The molecule has 0 spiro atoms. The van der Waals surface area contributed by atoms with E-state index in [1.54, 1.807) is 29.1 Å². The molecule has 0 amide bonds. The lowest BCUT2D eigenvalue weighted by Gasteiger charge is -2.13. The molecule has 0 unspecified atom stereocenters. The van der Waals surface area contributed by atoms with Crippen LogP contribution < -0.4 is 5.56 Å². The summed E-state index contributed by atoms with van der Waals surface area (Å²) in [6.07, 6.45) is 5.70. The molecule has 0 radical (unpaired) electrons. The van der Waals surface area contributed by atoms with Crippen LogP contribution in [0.4, 0.5) is 0 Å². The lowest BCUT2D eigenvalue weighted by Crippen LogP contribution is -2.25. The molecule has 0 atom stereocenters. The fourth-order valence-corrected chi connectivity index (χ4v) is 2.86. The van der Waals surface area contributed by atoms with Crippen LogP contribution in [-0.2, 0) is 6.54 Å². The molecule has 1 fully saturated rings. The van der Waals surface area contributed by atoms with Gasteiger partial charge in [-0.3, -0.25) is 14.3 Å². The maximum Gasteiger partial charge on any atom is 0.261 e. The van der Waals surface area contributed by atoms with Crippen molar-refractivity contribution in [1.82, 2.24) is 14.5 Å². The molecular weight excluding hydrogens is 298 g/mol. The summed E-state index contributed by atoms with van der Waals surface area (Å²) in [5, 5.41) is 1.12. The second-order valence-electron chi connectivity index (χ2n) is 5.66. The molecule has 22 heavy (non-hydrogen) atoms. The largest absolute Gasteiger partial charge is 0.291 e. The average molecular weight is 312 g/mol. The maximum absolute atomic E-state index is 12.9. The predicted molar refractivity (Wildman–Crippen MR) is 86.3 cm³/mol. The lowest BCUT2D eigenvalue weighted by molar-refractivity contribution is 0.679. The highest BCUT2D eigenvalue weighted by molar-refractivity contribution is 6.31. The first kappa shape index (κ1) is 13.5. The molecule has 1 aliphatic carbocycles. The Hall–Kier alpha value is -2.20. The fourth-order valence-electron chi connectivity index (χ4n) is 2.69. The number of rotatable bonds is 3. The average Bonchev–Trinajstić information content (AvgIpc) is 3.36. The molecule has 4 rings (SSSR count). The molecule has 2 heterocycles. The zero-order valence-electron chi connectivity index (χ0n) is 11.9. The highest BCUT2D eigenvalue weighted by atomic mass is 35.5. The normalized spacial score (nSPS) is 14.4. The maximum atomic E-state index is 12.9. The standard InChI is InChI=1S/C17H14ClN3O/c18-13-5-6-15-14(8-13)17(22)21(16(20-15)12-3-4-12)10-11-2-1-7-19-9-11/h1-2,5-9,12H,3-4,10H2. The molecule has 1 aliphatic rings. The molecule has 2 aromatic heterocycles. The monoisotopic (exact) mass is 311 g/mol. The van der Waals surface area contributed by atoms with Gasteiger partial charge in [0.05, 0.1) is 17.4 Å². The smallest absolute Gasteiger partial charge is 0.261 e. The molecule has 0 saturated heterocycles. The van der Waals surface area contributed by atoms with Crippen LogP contribution in [0.1, 0.15) is 30.1 Å². The Kier molecular flexibility index (Phi) is 3.19. The van der Waals surface area contributed by atoms with Crippen molar-refractivity contribution in [1.29, 1.82) is 0 Å². The number of halogens is 1. The second kappa shape index (κ2) is 5.21.